The monoisotopic (exact) mass is 418 g/mol. The summed E-state index contributed by atoms with van der Waals surface area (Å²) in [5.41, 5.74) is 2.92. The fourth-order valence-electron chi connectivity index (χ4n) is 2.54. The van der Waals surface area contributed by atoms with Gasteiger partial charge in [0.2, 0.25) is 5.91 Å². The lowest BCUT2D eigenvalue weighted by Crippen LogP contribution is -2.41. The molecule has 0 bridgehead atoms. The van der Waals surface area contributed by atoms with Crippen molar-refractivity contribution in [1.82, 2.24) is 4.90 Å². The maximum atomic E-state index is 12.8. The van der Waals surface area contributed by atoms with Gasteiger partial charge >= 0.3 is 0 Å². The van der Waals surface area contributed by atoms with E-state index in [0.29, 0.717) is 28.0 Å². The summed E-state index contributed by atoms with van der Waals surface area (Å²) >= 11 is 14.1. The minimum Gasteiger partial charge on any atom is -0.487 e. The number of rotatable bonds is 7. The number of terminal acetylenes is 1. The maximum Gasteiger partial charge on any atom is 0.230 e. The van der Waals surface area contributed by atoms with E-state index in [2.05, 4.69) is 10.9 Å². The molecule has 2 aromatic carbocycles. The van der Waals surface area contributed by atoms with E-state index >= 15 is 0 Å². The van der Waals surface area contributed by atoms with Crippen molar-refractivity contribution >= 4 is 46.4 Å². The van der Waals surface area contributed by atoms with Gasteiger partial charge in [0.1, 0.15) is 12.4 Å². The molecule has 7 heteroatoms. The molecule has 1 heterocycles. The van der Waals surface area contributed by atoms with Crippen molar-refractivity contribution in [3.8, 4) is 18.1 Å². The first-order valence-corrected chi connectivity index (χ1v) is 9.83. The Morgan fingerprint density at radius 1 is 1.22 bits per heavy atom. The van der Waals surface area contributed by atoms with Gasteiger partial charge in [-0.25, -0.2) is 0 Å². The molecule has 27 heavy (non-hydrogen) atoms. The molecule has 1 unspecified atom stereocenters. The number of nitrogens with zero attached hydrogens (tertiary/aromatic N) is 2. The Bertz CT molecular complexity index is 897. The zero-order valence-electron chi connectivity index (χ0n) is 14.3. The predicted octanol–water partition coefficient (Wildman–Crippen LogP) is 4.64. The zero-order valence-corrected chi connectivity index (χ0v) is 16.6. The van der Waals surface area contributed by atoms with Crippen molar-refractivity contribution in [3.05, 3.63) is 63.6 Å². The van der Waals surface area contributed by atoms with Crippen molar-refractivity contribution < 1.29 is 9.53 Å². The highest BCUT2D eigenvalue weighted by molar-refractivity contribution is 8.13. The Morgan fingerprint density at radius 2 is 1.93 bits per heavy atom. The van der Waals surface area contributed by atoms with Crippen LogP contribution in [0.15, 0.2) is 47.5 Å². The van der Waals surface area contributed by atoms with Gasteiger partial charge in [-0.05, 0) is 17.7 Å². The second-order valence-corrected chi connectivity index (χ2v) is 7.45. The van der Waals surface area contributed by atoms with Crippen LogP contribution in [0.5, 0.6) is 5.75 Å². The van der Waals surface area contributed by atoms with E-state index in [9.17, 15) is 4.79 Å². The minimum atomic E-state index is -0.291. The van der Waals surface area contributed by atoms with Crippen LogP contribution in [0, 0.1) is 12.3 Å². The number of carbonyl (C=O) groups is 1. The normalized spacial score (nSPS) is 14.9. The molecular formula is C20H16Cl2N2O2S. The van der Waals surface area contributed by atoms with Crippen molar-refractivity contribution in [2.45, 2.75) is 18.5 Å². The smallest absolute Gasteiger partial charge is 0.230 e. The van der Waals surface area contributed by atoms with Crippen LogP contribution < -0.4 is 4.74 Å². The quantitative estimate of drug-likeness (QED) is 0.615. The molecule has 1 atom stereocenters. The first kappa shape index (κ1) is 19.6. The Morgan fingerprint density at radius 3 is 2.56 bits per heavy atom. The van der Waals surface area contributed by atoms with E-state index in [1.165, 1.54) is 16.7 Å². The average Bonchev–Trinajstić information content (AvgIpc) is 2.63. The van der Waals surface area contributed by atoms with Crippen LogP contribution in [0.3, 0.4) is 0 Å². The fraction of sp³-hybridized carbons (Fsp3) is 0.200. The summed E-state index contributed by atoms with van der Waals surface area (Å²) in [6, 6.07) is 13.0. The van der Waals surface area contributed by atoms with Gasteiger partial charge in [-0.2, -0.15) is 0 Å². The number of thioether (sulfide) groups is 1. The zero-order chi connectivity index (χ0) is 19.2. The molecule has 0 radical (unpaired) electrons. The number of halogens is 2. The van der Waals surface area contributed by atoms with Gasteiger partial charge in [0.05, 0.1) is 23.5 Å². The van der Waals surface area contributed by atoms with Gasteiger partial charge in [-0.1, -0.05) is 71.2 Å². The van der Waals surface area contributed by atoms with Gasteiger partial charge < -0.3 is 4.74 Å². The van der Waals surface area contributed by atoms with E-state index in [0.717, 1.165) is 5.56 Å². The fourth-order valence-corrected chi connectivity index (χ4v) is 3.55. The predicted molar refractivity (Wildman–Crippen MR) is 111 cm³/mol. The van der Waals surface area contributed by atoms with Crippen LogP contribution in [0.1, 0.15) is 11.1 Å². The third kappa shape index (κ3) is 4.78. The summed E-state index contributed by atoms with van der Waals surface area (Å²) in [5, 5.41) is 0.818. The molecular weight excluding hydrogens is 403 g/mol. The molecule has 4 nitrogen and oxygen atoms in total. The largest absolute Gasteiger partial charge is 0.487 e. The molecule has 0 aromatic heterocycles. The highest BCUT2D eigenvalue weighted by Crippen LogP contribution is 2.36. The van der Waals surface area contributed by atoms with E-state index in [1.54, 1.807) is 17.7 Å². The molecule has 0 aliphatic carbocycles. The van der Waals surface area contributed by atoms with Crippen LogP contribution in [0.25, 0.3) is 0 Å². The van der Waals surface area contributed by atoms with Gasteiger partial charge in [0, 0.05) is 10.6 Å². The molecule has 1 amide bonds. The number of amides is 1. The lowest BCUT2D eigenvalue weighted by molar-refractivity contribution is -0.130. The second kappa shape index (κ2) is 9.18. The highest BCUT2D eigenvalue weighted by atomic mass is 35.5. The SMILES string of the molecule is C#CCN(C(=O)Cc1c(Cl)ccc(Cl)c1OCc1ccccc1)C1N=CS1. The molecule has 0 N–H and O–H groups in total. The molecule has 1 aliphatic rings. The summed E-state index contributed by atoms with van der Waals surface area (Å²) in [4.78, 5) is 18.5. The molecule has 138 valence electrons. The third-order valence-corrected chi connectivity index (χ3v) is 5.44. The van der Waals surface area contributed by atoms with Crippen LogP contribution in [0.4, 0.5) is 0 Å². The van der Waals surface area contributed by atoms with E-state index in [4.69, 9.17) is 34.4 Å². The van der Waals surface area contributed by atoms with Gasteiger partial charge in [-0.3, -0.25) is 14.7 Å². The van der Waals surface area contributed by atoms with Crippen molar-refractivity contribution in [3.63, 3.8) is 0 Å². The highest BCUT2D eigenvalue weighted by Gasteiger charge is 2.28. The van der Waals surface area contributed by atoms with Gasteiger partial charge in [0.25, 0.3) is 0 Å². The number of ether oxygens (including phenoxy) is 1. The van der Waals surface area contributed by atoms with Crippen LogP contribution >= 0.6 is 35.0 Å². The van der Waals surface area contributed by atoms with Crippen LogP contribution in [-0.4, -0.2) is 28.4 Å². The minimum absolute atomic E-state index is 0.0256. The number of aliphatic imine (C=N–C) groups is 1. The summed E-state index contributed by atoms with van der Waals surface area (Å²) in [6.45, 7) is 0.491. The Labute approximate surface area is 172 Å². The van der Waals surface area contributed by atoms with Crippen molar-refractivity contribution in [1.29, 1.82) is 0 Å². The molecule has 0 saturated heterocycles. The average molecular weight is 419 g/mol. The third-order valence-electron chi connectivity index (χ3n) is 3.93. The number of carbonyl (C=O) groups excluding carboxylic acids is 1. The molecule has 2 aromatic rings. The maximum absolute atomic E-state index is 12.8. The van der Waals surface area contributed by atoms with Crippen LogP contribution in [0.2, 0.25) is 10.0 Å². The lowest BCUT2D eigenvalue weighted by atomic mass is 10.1. The van der Waals surface area contributed by atoms with Crippen molar-refractivity contribution in [2.24, 2.45) is 4.99 Å². The summed E-state index contributed by atoms with van der Waals surface area (Å²) in [5.74, 6) is 2.72. The van der Waals surface area contributed by atoms with E-state index in [1.807, 2.05) is 30.3 Å². The van der Waals surface area contributed by atoms with E-state index in [-0.39, 0.29) is 24.4 Å². The molecule has 0 fully saturated rings. The van der Waals surface area contributed by atoms with Gasteiger partial charge in [-0.15, -0.1) is 6.42 Å². The first-order valence-electron chi connectivity index (χ1n) is 8.13. The lowest BCUT2D eigenvalue weighted by Gasteiger charge is -2.30. The summed E-state index contributed by atoms with van der Waals surface area (Å²) in [6.07, 6.45) is 5.42. The summed E-state index contributed by atoms with van der Waals surface area (Å²) in [7, 11) is 0. The van der Waals surface area contributed by atoms with Crippen molar-refractivity contribution in [2.75, 3.05) is 6.54 Å². The first-order chi connectivity index (χ1) is 13.1. The molecule has 1 aliphatic heterocycles. The van der Waals surface area contributed by atoms with Crippen LogP contribution in [-0.2, 0) is 17.8 Å². The Balaban J connectivity index is 1.81. The van der Waals surface area contributed by atoms with E-state index < -0.39 is 0 Å². The molecule has 0 spiro atoms. The number of benzene rings is 2. The number of hydrogen-bond acceptors (Lipinski definition) is 4. The topological polar surface area (TPSA) is 41.9 Å². The molecule has 0 saturated carbocycles. The van der Waals surface area contributed by atoms with Gasteiger partial charge in [0.15, 0.2) is 5.50 Å². The second-order valence-electron chi connectivity index (χ2n) is 5.73. The Hall–Kier alpha value is -2.13. The number of hydrogen-bond donors (Lipinski definition) is 0. The Kier molecular flexibility index (Phi) is 6.68. The standard InChI is InChI=1S/C20H16Cl2N2O2S/c1-2-10-24(20-23-13-27-20)18(25)11-15-16(21)8-9-17(22)19(15)26-12-14-6-4-3-5-7-14/h1,3-9,13,20H,10-12H2. The summed E-state index contributed by atoms with van der Waals surface area (Å²) < 4.78 is 5.91. The molecule has 3 rings (SSSR count).